The molecule has 1 N–H and O–H groups in total. The van der Waals surface area contributed by atoms with Gasteiger partial charge in [-0.1, -0.05) is 11.6 Å². The summed E-state index contributed by atoms with van der Waals surface area (Å²) in [4.78, 5) is 29.1. The Kier molecular flexibility index (Phi) is 5.35. The van der Waals surface area contributed by atoms with E-state index in [2.05, 4.69) is 4.98 Å². The summed E-state index contributed by atoms with van der Waals surface area (Å²) in [6, 6.07) is 6.22. The molecule has 1 aliphatic heterocycles. The van der Waals surface area contributed by atoms with Crippen LogP contribution < -0.4 is 0 Å². The third-order valence-electron chi connectivity index (χ3n) is 3.97. The molecule has 132 valence electrons. The van der Waals surface area contributed by atoms with E-state index in [0.29, 0.717) is 29.7 Å². The van der Waals surface area contributed by atoms with E-state index in [1.807, 2.05) is 12.1 Å². The number of aromatic nitrogens is 1. The minimum absolute atomic E-state index is 0.0147. The molecule has 0 saturated carbocycles. The number of hydrogen-bond acceptors (Lipinski definition) is 5. The zero-order valence-corrected chi connectivity index (χ0v) is 14.1. The largest absolute Gasteiger partial charge is 0.480 e. The molecule has 3 rings (SSSR count). The summed E-state index contributed by atoms with van der Waals surface area (Å²) < 4.78 is 10.8. The van der Waals surface area contributed by atoms with E-state index in [1.165, 1.54) is 4.90 Å². The number of amides is 1. The number of aliphatic carboxylic acids is 1. The Labute approximate surface area is 149 Å². The number of carboxylic acids is 1. The molecule has 1 atom stereocenters. The van der Waals surface area contributed by atoms with Gasteiger partial charge in [0.1, 0.15) is 0 Å². The zero-order valence-electron chi connectivity index (χ0n) is 13.4. The van der Waals surface area contributed by atoms with E-state index in [0.717, 1.165) is 5.56 Å². The second-order valence-electron chi connectivity index (χ2n) is 5.64. The van der Waals surface area contributed by atoms with Gasteiger partial charge >= 0.3 is 5.97 Å². The number of morpholine rings is 1. The van der Waals surface area contributed by atoms with Gasteiger partial charge in [0.05, 0.1) is 19.4 Å². The van der Waals surface area contributed by atoms with Gasteiger partial charge in [0, 0.05) is 30.0 Å². The third-order valence-corrected chi connectivity index (χ3v) is 4.22. The van der Waals surface area contributed by atoms with Crippen LogP contribution in [0.5, 0.6) is 0 Å². The Morgan fingerprint density at radius 1 is 1.32 bits per heavy atom. The Balaban J connectivity index is 1.61. The molecule has 1 saturated heterocycles. The summed E-state index contributed by atoms with van der Waals surface area (Å²) in [5.41, 5.74) is 0.841. The number of nitrogens with zero attached hydrogens (tertiary/aromatic N) is 2. The molecule has 7 nitrogen and oxygen atoms in total. The highest BCUT2D eigenvalue weighted by atomic mass is 35.5. The maximum absolute atomic E-state index is 12.3. The number of carboxylic acid groups (broad SMARTS) is 1. The Bertz CT molecular complexity index is 759. The highest BCUT2D eigenvalue weighted by Crippen LogP contribution is 2.23. The van der Waals surface area contributed by atoms with Gasteiger partial charge in [0.25, 0.3) is 0 Å². The summed E-state index contributed by atoms with van der Waals surface area (Å²) in [6.45, 7) is 0.632. The fourth-order valence-electron chi connectivity index (χ4n) is 2.64. The molecule has 0 aliphatic carbocycles. The maximum Gasteiger partial charge on any atom is 0.328 e. The van der Waals surface area contributed by atoms with E-state index in [-0.39, 0.29) is 25.5 Å². The van der Waals surface area contributed by atoms with Crippen molar-refractivity contribution in [3.8, 4) is 11.3 Å². The lowest BCUT2D eigenvalue weighted by atomic mass is 10.2. The number of oxazole rings is 1. The van der Waals surface area contributed by atoms with E-state index in [4.69, 9.17) is 20.8 Å². The average molecular weight is 365 g/mol. The molecule has 1 aromatic heterocycles. The second kappa shape index (κ2) is 7.67. The first-order chi connectivity index (χ1) is 12.0. The number of benzene rings is 1. The Morgan fingerprint density at radius 2 is 2.08 bits per heavy atom. The van der Waals surface area contributed by atoms with Crippen LogP contribution in [-0.4, -0.2) is 52.7 Å². The van der Waals surface area contributed by atoms with Gasteiger partial charge in [-0.25, -0.2) is 9.78 Å². The molecule has 0 radical (unpaired) electrons. The standard InChI is InChI=1S/C17H17ClN2O5/c18-12-3-1-11(2-4-12)14-9-19-15(25-14)5-6-16(21)20-7-8-24-10-13(20)17(22)23/h1-4,9,13H,5-8,10H2,(H,22,23)/t13-/m0/s1. The number of carbonyl (C=O) groups excluding carboxylic acids is 1. The van der Waals surface area contributed by atoms with E-state index in [1.54, 1.807) is 18.3 Å². The normalized spacial score (nSPS) is 17.5. The molecule has 1 aromatic carbocycles. The Hall–Kier alpha value is -2.38. The van der Waals surface area contributed by atoms with E-state index in [9.17, 15) is 14.7 Å². The molecule has 1 fully saturated rings. The topological polar surface area (TPSA) is 92.9 Å². The molecular weight excluding hydrogens is 348 g/mol. The minimum atomic E-state index is -1.06. The van der Waals surface area contributed by atoms with Gasteiger partial charge in [-0.3, -0.25) is 4.79 Å². The van der Waals surface area contributed by atoms with Crippen LogP contribution in [0.15, 0.2) is 34.9 Å². The molecule has 0 bridgehead atoms. The van der Waals surface area contributed by atoms with Crippen LogP contribution >= 0.6 is 11.6 Å². The van der Waals surface area contributed by atoms with Crippen LogP contribution in [0.2, 0.25) is 5.02 Å². The molecule has 2 heterocycles. The zero-order chi connectivity index (χ0) is 17.8. The number of halogens is 1. The van der Waals surface area contributed by atoms with Crippen LogP contribution in [0.3, 0.4) is 0 Å². The molecule has 25 heavy (non-hydrogen) atoms. The van der Waals surface area contributed by atoms with Gasteiger partial charge in [-0.2, -0.15) is 0 Å². The quantitative estimate of drug-likeness (QED) is 0.874. The van der Waals surface area contributed by atoms with Crippen molar-refractivity contribution in [1.29, 1.82) is 0 Å². The maximum atomic E-state index is 12.3. The van der Waals surface area contributed by atoms with Crippen LogP contribution in [0.25, 0.3) is 11.3 Å². The highest BCUT2D eigenvalue weighted by molar-refractivity contribution is 6.30. The van der Waals surface area contributed by atoms with E-state index < -0.39 is 12.0 Å². The van der Waals surface area contributed by atoms with Gasteiger partial charge < -0.3 is 19.2 Å². The van der Waals surface area contributed by atoms with Gasteiger partial charge in [0.2, 0.25) is 5.91 Å². The lowest BCUT2D eigenvalue weighted by Gasteiger charge is -2.32. The van der Waals surface area contributed by atoms with Crippen molar-refractivity contribution in [2.45, 2.75) is 18.9 Å². The first kappa shape index (κ1) is 17.4. The number of aryl methyl sites for hydroxylation is 1. The lowest BCUT2D eigenvalue weighted by molar-refractivity contribution is -0.158. The van der Waals surface area contributed by atoms with E-state index >= 15 is 0 Å². The van der Waals surface area contributed by atoms with Crippen molar-refractivity contribution in [3.05, 3.63) is 41.4 Å². The predicted octanol–water partition coefficient (Wildman–Crippen LogP) is 2.24. The van der Waals surface area contributed by atoms with Gasteiger partial charge in [-0.15, -0.1) is 0 Å². The van der Waals surface area contributed by atoms with Crippen LogP contribution in [0.1, 0.15) is 12.3 Å². The third kappa shape index (κ3) is 4.18. The minimum Gasteiger partial charge on any atom is -0.480 e. The van der Waals surface area contributed by atoms with Crippen LogP contribution in [0.4, 0.5) is 0 Å². The average Bonchev–Trinajstić information content (AvgIpc) is 3.09. The summed E-state index contributed by atoms with van der Waals surface area (Å²) >= 11 is 5.86. The number of rotatable bonds is 5. The molecule has 8 heteroatoms. The molecule has 0 unspecified atom stereocenters. The highest BCUT2D eigenvalue weighted by Gasteiger charge is 2.32. The predicted molar refractivity (Wildman–Crippen MR) is 89.2 cm³/mol. The van der Waals surface area contributed by atoms with Crippen LogP contribution in [0, 0.1) is 0 Å². The van der Waals surface area contributed by atoms with Crippen molar-refractivity contribution < 1.29 is 23.8 Å². The summed E-state index contributed by atoms with van der Waals surface area (Å²) in [5, 5.41) is 9.81. The van der Waals surface area contributed by atoms with Crippen LogP contribution in [-0.2, 0) is 20.7 Å². The van der Waals surface area contributed by atoms with Crippen molar-refractivity contribution in [3.63, 3.8) is 0 Å². The van der Waals surface area contributed by atoms with Gasteiger partial charge in [0.15, 0.2) is 17.7 Å². The fraction of sp³-hybridized carbons (Fsp3) is 0.353. The smallest absolute Gasteiger partial charge is 0.328 e. The fourth-order valence-corrected chi connectivity index (χ4v) is 2.76. The number of carbonyl (C=O) groups is 2. The van der Waals surface area contributed by atoms with Crippen molar-refractivity contribution in [2.75, 3.05) is 19.8 Å². The van der Waals surface area contributed by atoms with Gasteiger partial charge in [-0.05, 0) is 24.3 Å². The van der Waals surface area contributed by atoms with Crippen molar-refractivity contribution in [2.24, 2.45) is 0 Å². The molecule has 2 aromatic rings. The molecule has 0 spiro atoms. The number of ether oxygens (including phenoxy) is 1. The number of hydrogen-bond donors (Lipinski definition) is 1. The summed E-state index contributed by atoms with van der Waals surface area (Å²) in [5.74, 6) is -0.288. The van der Waals surface area contributed by atoms with Crippen molar-refractivity contribution in [1.82, 2.24) is 9.88 Å². The SMILES string of the molecule is O=C(O)[C@@H]1COCCN1C(=O)CCc1ncc(-c2ccc(Cl)cc2)o1. The second-order valence-corrected chi connectivity index (χ2v) is 6.08. The first-order valence-corrected chi connectivity index (χ1v) is 8.23. The lowest BCUT2D eigenvalue weighted by Crippen LogP contribution is -2.52. The summed E-state index contributed by atoms with van der Waals surface area (Å²) in [6.07, 6.45) is 2.03. The summed E-state index contributed by atoms with van der Waals surface area (Å²) in [7, 11) is 0. The molecule has 1 amide bonds. The Morgan fingerprint density at radius 3 is 2.80 bits per heavy atom. The monoisotopic (exact) mass is 364 g/mol. The molecule has 1 aliphatic rings. The van der Waals surface area contributed by atoms with Crippen molar-refractivity contribution >= 4 is 23.5 Å². The first-order valence-electron chi connectivity index (χ1n) is 7.85. The molecular formula is C17H17ClN2O5.